The smallest absolute Gasteiger partial charge is 0.220 e. The number of halogens is 2. The summed E-state index contributed by atoms with van der Waals surface area (Å²) in [5.41, 5.74) is 1.49. The monoisotopic (exact) mass is 605 g/mol. The van der Waals surface area contributed by atoms with Gasteiger partial charge in [-0.1, -0.05) is 26.0 Å². The van der Waals surface area contributed by atoms with Crippen LogP contribution in [-0.2, 0) is 25.8 Å². The van der Waals surface area contributed by atoms with E-state index in [9.17, 15) is 22.0 Å². The molecule has 0 unspecified atom stereocenters. The maximum atomic E-state index is 14.6. The first kappa shape index (κ1) is 27.7. The second kappa shape index (κ2) is 9.69. The molecule has 1 N–H and O–H groups in total. The van der Waals surface area contributed by atoms with Gasteiger partial charge in [0.15, 0.2) is 21.5 Å². The molecule has 3 aromatic heterocycles. The fourth-order valence-corrected chi connectivity index (χ4v) is 8.89. The number of carbonyl (C=O) groups is 1. The van der Waals surface area contributed by atoms with Crippen molar-refractivity contribution in [3.8, 4) is 17.1 Å². The summed E-state index contributed by atoms with van der Waals surface area (Å²) in [5.74, 6) is -1.33. The van der Waals surface area contributed by atoms with Crippen molar-refractivity contribution in [2.45, 2.75) is 62.7 Å². The van der Waals surface area contributed by atoms with Gasteiger partial charge in [0, 0.05) is 12.5 Å². The van der Waals surface area contributed by atoms with Crippen LogP contribution in [0.15, 0.2) is 48.8 Å². The van der Waals surface area contributed by atoms with Crippen molar-refractivity contribution >= 4 is 15.7 Å². The fraction of sp³-hybridized carbons (Fsp3) is 0.400. The van der Waals surface area contributed by atoms with Crippen LogP contribution in [0.25, 0.3) is 17.1 Å². The van der Waals surface area contributed by atoms with Gasteiger partial charge in [0.25, 0.3) is 0 Å². The molecule has 4 heterocycles. The molecular formula is C30H29F2N7O3S. The van der Waals surface area contributed by atoms with E-state index in [1.165, 1.54) is 29.2 Å². The Labute approximate surface area is 246 Å². The summed E-state index contributed by atoms with van der Waals surface area (Å²) in [6, 6.07) is 10.7. The minimum Gasteiger partial charge on any atom is -0.352 e. The first-order valence-electron chi connectivity index (χ1n) is 14.2. The molecule has 7 rings (SSSR count). The highest BCUT2D eigenvalue weighted by Crippen LogP contribution is 2.69. The predicted molar refractivity (Wildman–Crippen MR) is 152 cm³/mol. The summed E-state index contributed by atoms with van der Waals surface area (Å²) in [5, 5.41) is 16.0. The summed E-state index contributed by atoms with van der Waals surface area (Å²) >= 11 is 0. The number of benzene rings is 1. The van der Waals surface area contributed by atoms with Gasteiger partial charge in [0.2, 0.25) is 5.91 Å². The standard InChI is InChI=1S/C30H29F2N7O3S/c1-29(2)19-11-12-30(29,28-18(19)13-22(36-37-28)27-20(31)5-3-6-21(27)32)23-7-4-8-25(35-23)39-16-33-24(38-39)15-43(41,42)14-17-9-10-26(40)34-17/h3-8,13,16-17,19H,9-12,14-15H2,1-2H3,(H,34,40)/t17-,19-,30-/m0/s1. The number of amides is 1. The van der Waals surface area contributed by atoms with E-state index >= 15 is 0 Å². The van der Waals surface area contributed by atoms with Crippen LogP contribution in [0.4, 0.5) is 8.78 Å². The van der Waals surface area contributed by atoms with Crippen LogP contribution in [0, 0.1) is 17.0 Å². The number of pyridine rings is 1. The zero-order valence-electron chi connectivity index (χ0n) is 23.6. The summed E-state index contributed by atoms with van der Waals surface area (Å²) in [6.45, 7) is 4.32. The van der Waals surface area contributed by atoms with Gasteiger partial charge in [-0.15, -0.1) is 10.2 Å². The molecule has 1 saturated heterocycles. The second-order valence-electron chi connectivity index (χ2n) is 12.2. The lowest BCUT2D eigenvalue weighted by Gasteiger charge is -2.37. The molecule has 2 bridgehead atoms. The van der Waals surface area contributed by atoms with Gasteiger partial charge in [0.05, 0.1) is 33.8 Å². The Balaban J connectivity index is 1.21. The Kier molecular flexibility index (Phi) is 6.24. The minimum atomic E-state index is -3.55. The lowest BCUT2D eigenvalue weighted by molar-refractivity contribution is -0.119. The Morgan fingerprint density at radius 3 is 2.58 bits per heavy atom. The van der Waals surface area contributed by atoms with Gasteiger partial charge in [0.1, 0.15) is 23.7 Å². The lowest BCUT2D eigenvalue weighted by Crippen LogP contribution is -2.38. The number of nitrogens with one attached hydrogen (secondary N) is 1. The molecule has 13 heteroatoms. The Morgan fingerprint density at radius 1 is 1.07 bits per heavy atom. The summed E-state index contributed by atoms with van der Waals surface area (Å²) < 4.78 is 56.1. The maximum Gasteiger partial charge on any atom is 0.220 e. The third-order valence-corrected chi connectivity index (χ3v) is 11.0. The van der Waals surface area contributed by atoms with Crippen molar-refractivity contribution in [1.29, 1.82) is 0 Å². The van der Waals surface area contributed by atoms with Crippen LogP contribution < -0.4 is 5.32 Å². The highest BCUT2D eigenvalue weighted by Gasteiger charge is 2.65. The molecule has 2 fully saturated rings. The fourth-order valence-electron chi connectivity index (χ4n) is 7.38. The van der Waals surface area contributed by atoms with Crippen LogP contribution in [0.1, 0.15) is 68.2 Å². The molecule has 0 radical (unpaired) electrons. The van der Waals surface area contributed by atoms with E-state index in [1.807, 2.05) is 12.1 Å². The molecule has 4 aromatic rings. The first-order valence-corrected chi connectivity index (χ1v) is 16.0. The SMILES string of the molecule is CC1(C)[C@H]2CC[C@]1(c1cccc(-n3cnc(CS(=O)(=O)C[C@@H]4CCC(=O)N4)n3)n1)c1nnc(-c3c(F)cccc3F)cc12. The number of carbonyl (C=O) groups excluding carboxylic acids is 1. The van der Waals surface area contributed by atoms with Crippen molar-refractivity contribution in [1.82, 2.24) is 35.3 Å². The first-order chi connectivity index (χ1) is 20.5. The molecule has 43 heavy (non-hydrogen) atoms. The zero-order chi connectivity index (χ0) is 30.1. The largest absolute Gasteiger partial charge is 0.352 e. The van der Waals surface area contributed by atoms with Gasteiger partial charge < -0.3 is 5.32 Å². The van der Waals surface area contributed by atoms with E-state index in [0.717, 1.165) is 29.8 Å². The number of hydrogen-bond acceptors (Lipinski definition) is 8. The van der Waals surface area contributed by atoms with Crippen LogP contribution >= 0.6 is 0 Å². The Hall–Kier alpha value is -4.13. The molecule has 0 spiro atoms. The van der Waals surface area contributed by atoms with Crippen LogP contribution in [0.3, 0.4) is 0 Å². The van der Waals surface area contributed by atoms with Crippen molar-refractivity contribution in [3.05, 3.63) is 83.2 Å². The molecule has 222 valence electrons. The van der Waals surface area contributed by atoms with Crippen molar-refractivity contribution in [2.75, 3.05) is 5.75 Å². The number of fused-ring (bicyclic) bond motifs is 5. The third-order valence-electron chi connectivity index (χ3n) is 9.44. The van der Waals surface area contributed by atoms with Crippen LogP contribution in [0.2, 0.25) is 0 Å². The maximum absolute atomic E-state index is 14.6. The Bertz CT molecular complexity index is 1870. The van der Waals surface area contributed by atoms with Crippen LogP contribution in [-0.4, -0.2) is 56.1 Å². The number of aromatic nitrogens is 6. The van der Waals surface area contributed by atoms with Gasteiger partial charge in [-0.3, -0.25) is 4.79 Å². The molecule has 10 nitrogen and oxygen atoms in total. The lowest BCUT2D eigenvalue weighted by atomic mass is 9.66. The molecule has 1 saturated carbocycles. The van der Waals surface area contributed by atoms with Crippen molar-refractivity contribution in [3.63, 3.8) is 0 Å². The topological polar surface area (TPSA) is 133 Å². The van der Waals surface area contributed by atoms with Crippen molar-refractivity contribution < 1.29 is 22.0 Å². The minimum absolute atomic E-state index is 0.0878. The van der Waals surface area contributed by atoms with Crippen molar-refractivity contribution in [2.24, 2.45) is 5.41 Å². The molecule has 3 atom stereocenters. The van der Waals surface area contributed by atoms with Gasteiger partial charge in [-0.25, -0.2) is 31.8 Å². The number of rotatable bonds is 7. The number of sulfone groups is 1. The van der Waals surface area contributed by atoms with Gasteiger partial charge in [-0.05, 0) is 66.5 Å². The molecule has 1 aliphatic heterocycles. The second-order valence-corrected chi connectivity index (χ2v) is 14.3. The molecule has 1 amide bonds. The van der Waals surface area contributed by atoms with E-state index in [4.69, 9.17) is 4.98 Å². The summed E-state index contributed by atoms with van der Waals surface area (Å²) in [7, 11) is -3.55. The van der Waals surface area contributed by atoms with E-state index in [1.54, 1.807) is 12.1 Å². The van der Waals surface area contributed by atoms with E-state index in [2.05, 4.69) is 39.4 Å². The molecule has 1 aromatic carbocycles. The predicted octanol–water partition coefficient (Wildman–Crippen LogP) is 3.79. The van der Waals surface area contributed by atoms with Crippen LogP contribution in [0.5, 0.6) is 0 Å². The van der Waals surface area contributed by atoms with Gasteiger partial charge in [-0.2, -0.15) is 5.10 Å². The van der Waals surface area contributed by atoms with E-state index in [0.29, 0.717) is 18.7 Å². The quantitative estimate of drug-likeness (QED) is 0.337. The highest BCUT2D eigenvalue weighted by molar-refractivity contribution is 7.90. The summed E-state index contributed by atoms with van der Waals surface area (Å²) in [6.07, 6.45) is 3.88. The van der Waals surface area contributed by atoms with E-state index in [-0.39, 0.29) is 45.8 Å². The van der Waals surface area contributed by atoms with Gasteiger partial charge >= 0.3 is 0 Å². The summed E-state index contributed by atoms with van der Waals surface area (Å²) in [4.78, 5) is 20.7. The average molecular weight is 606 g/mol. The molecular weight excluding hydrogens is 576 g/mol. The molecule has 3 aliphatic rings. The zero-order valence-corrected chi connectivity index (χ0v) is 24.4. The van der Waals surface area contributed by atoms with E-state index < -0.39 is 32.9 Å². The number of nitrogens with zero attached hydrogens (tertiary/aromatic N) is 6. The number of hydrogen-bond donors (Lipinski definition) is 1. The third kappa shape index (κ3) is 4.35. The highest BCUT2D eigenvalue weighted by atomic mass is 32.2. The molecule has 2 aliphatic carbocycles. The normalized spacial score (nSPS) is 23.9. The average Bonchev–Trinajstić information content (AvgIpc) is 3.69. The Morgan fingerprint density at radius 2 is 1.84 bits per heavy atom.